The highest BCUT2D eigenvalue weighted by Gasteiger charge is 2.40. The maximum atomic E-state index is 14.2. The number of halogens is 2. The zero-order valence-corrected chi connectivity index (χ0v) is 11.9. The van der Waals surface area contributed by atoms with Crippen LogP contribution < -0.4 is 5.73 Å². The molecule has 2 unspecified atom stereocenters. The second-order valence-corrected chi connectivity index (χ2v) is 6.30. The molecule has 1 saturated carbocycles. The average molecular weight is 313 g/mol. The van der Waals surface area contributed by atoms with Crippen molar-refractivity contribution in [1.82, 2.24) is 4.90 Å². The minimum absolute atomic E-state index is 0.0509. The van der Waals surface area contributed by atoms with E-state index in [-0.39, 0.29) is 17.9 Å². The molecule has 0 radical (unpaired) electrons. The van der Waals surface area contributed by atoms with Crippen LogP contribution in [0.25, 0.3) is 0 Å². The lowest BCUT2D eigenvalue weighted by Gasteiger charge is -2.40. The third-order valence-electron chi connectivity index (χ3n) is 4.01. The molecule has 2 atom stereocenters. The summed E-state index contributed by atoms with van der Waals surface area (Å²) in [7, 11) is 0. The van der Waals surface area contributed by atoms with Gasteiger partial charge in [-0.15, -0.1) is 0 Å². The standard InChI is InChI=1S/C14H18BrFN2/c15-9-3-6-11(12(16)8-9)14-13(17)2-1-7-18(14)10-4-5-10/h3,6,8,10,13-14H,1-2,4-5,7,17H2. The van der Waals surface area contributed by atoms with Gasteiger partial charge < -0.3 is 5.73 Å². The van der Waals surface area contributed by atoms with E-state index in [1.807, 2.05) is 12.1 Å². The van der Waals surface area contributed by atoms with Crippen LogP contribution in [0.2, 0.25) is 0 Å². The fourth-order valence-corrected chi connectivity index (χ4v) is 3.35. The van der Waals surface area contributed by atoms with Crippen LogP contribution in [0.3, 0.4) is 0 Å². The van der Waals surface area contributed by atoms with Crippen molar-refractivity contribution in [2.24, 2.45) is 5.73 Å². The lowest BCUT2D eigenvalue weighted by molar-refractivity contribution is 0.117. The molecular formula is C14H18BrFN2. The first-order valence-corrected chi connectivity index (χ1v) is 7.42. The average Bonchev–Trinajstić information content (AvgIpc) is 3.14. The van der Waals surface area contributed by atoms with E-state index in [1.165, 1.54) is 12.8 Å². The lowest BCUT2D eigenvalue weighted by Crippen LogP contribution is -2.47. The Morgan fingerprint density at radius 1 is 1.28 bits per heavy atom. The van der Waals surface area contributed by atoms with Crippen molar-refractivity contribution >= 4 is 15.9 Å². The second kappa shape index (κ2) is 4.91. The summed E-state index contributed by atoms with van der Waals surface area (Å²) in [6.07, 6.45) is 4.60. The van der Waals surface area contributed by atoms with Crippen molar-refractivity contribution in [1.29, 1.82) is 0 Å². The van der Waals surface area contributed by atoms with E-state index in [4.69, 9.17) is 5.73 Å². The molecule has 2 N–H and O–H groups in total. The summed E-state index contributed by atoms with van der Waals surface area (Å²) in [5, 5.41) is 0. The first-order valence-electron chi connectivity index (χ1n) is 6.63. The summed E-state index contributed by atoms with van der Waals surface area (Å²) in [6, 6.07) is 6.07. The Bertz CT molecular complexity index is 447. The molecule has 1 aliphatic heterocycles. The van der Waals surface area contributed by atoms with Gasteiger partial charge in [0.25, 0.3) is 0 Å². The molecule has 0 amide bonds. The normalized spacial score (nSPS) is 29.5. The second-order valence-electron chi connectivity index (χ2n) is 5.39. The molecule has 0 bridgehead atoms. The van der Waals surface area contributed by atoms with E-state index in [2.05, 4.69) is 20.8 Å². The van der Waals surface area contributed by atoms with E-state index in [0.29, 0.717) is 6.04 Å². The van der Waals surface area contributed by atoms with Crippen molar-refractivity contribution in [2.75, 3.05) is 6.54 Å². The van der Waals surface area contributed by atoms with Gasteiger partial charge in [0.05, 0.1) is 6.04 Å². The van der Waals surface area contributed by atoms with Gasteiger partial charge in [-0.05, 0) is 44.4 Å². The Balaban J connectivity index is 1.94. The van der Waals surface area contributed by atoms with Gasteiger partial charge >= 0.3 is 0 Å². The molecule has 1 heterocycles. The van der Waals surface area contributed by atoms with Gasteiger partial charge in [0.1, 0.15) is 5.82 Å². The van der Waals surface area contributed by atoms with Crippen LogP contribution >= 0.6 is 15.9 Å². The Hall–Kier alpha value is -0.450. The maximum absolute atomic E-state index is 14.2. The van der Waals surface area contributed by atoms with Crippen LogP contribution in [0.15, 0.2) is 22.7 Å². The summed E-state index contributed by atoms with van der Waals surface area (Å²) in [4.78, 5) is 2.42. The summed E-state index contributed by atoms with van der Waals surface area (Å²) in [6.45, 7) is 1.05. The molecule has 2 aliphatic rings. The molecule has 1 aromatic carbocycles. The van der Waals surface area contributed by atoms with Gasteiger partial charge in [-0.2, -0.15) is 0 Å². The van der Waals surface area contributed by atoms with Gasteiger partial charge in [-0.1, -0.05) is 22.0 Å². The van der Waals surface area contributed by atoms with Gasteiger partial charge in [0, 0.05) is 22.1 Å². The molecule has 1 aliphatic carbocycles. The van der Waals surface area contributed by atoms with Crippen LogP contribution in [0.5, 0.6) is 0 Å². The van der Waals surface area contributed by atoms with Crippen LogP contribution in [0, 0.1) is 5.82 Å². The third kappa shape index (κ3) is 2.33. The zero-order chi connectivity index (χ0) is 12.7. The predicted octanol–water partition coefficient (Wildman–Crippen LogP) is 3.21. The number of nitrogens with zero attached hydrogens (tertiary/aromatic N) is 1. The monoisotopic (exact) mass is 312 g/mol. The Morgan fingerprint density at radius 2 is 2.06 bits per heavy atom. The van der Waals surface area contributed by atoms with Gasteiger partial charge in [0.15, 0.2) is 0 Å². The molecule has 3 rings (SSSR count). The van der Waals surface area contributed by atoms with E-state index >= 15 is 0 Å². The zero-order valence-electron chi connectivity index (χ0n) is 10.3. The van der Waals surface area contributed by atoms with Crippen LogP contribution in [0.1, 0.15) is 37.3 Å². The molecule has 98 valence electrons. The number of hydrogen-bond acceptors (Lipinski definition) is 2. The molecule has 0 aromatic heterocycles. The Kier molecular flexibility index (Phi) is 3.43. The molecule has 1 aromatic rings. The Labute approximate surface area is 115 Å². The third-order valence-corrected chi connectivity index (χ3v) is 4.51. The fourth-order valence-electron chi connectivity index (χ4n) is 3.02. The summed E-state index contributed by atoms with van der Waals surface area (Å²) >= 11 is 3.31. The van der Waals surface area contributed by atoms with Crippen molar-refractivity contribution in [3.8, 4) is 0 Å². The quantitative estimate of drug-likeness (QED) is 0.908. The minimum atomic E-state index is -0.141. The molecule has 4 heteroatoms. The molecule has 18 heavy (non-hydrogen) atoms. The van der Waals surface area contributed by atoms with Crippen LogP contribution in [-0.2, 0) is 0 Å². The highest BCUT2D eigenvalue weighted by Crippen LogP contribution is 2.40. The SMILES string of the molecule is NC1CCCN(C2CC2)C1c1ccc(Br)cc1F. The van der Waals surface area contributed by atoms with Crippen LogP contribution in [0.4, 0.5) is 4.39 Å². The summed E-state index contributed by atoms with van der Waals surface area (Å²) < 4.78 is 14.9. The van der Waals surface area contributed by atoms with Gasteiger partial charge in [-0.25, -0.2) is 4.39 Å². The number of hydrogen-bond donors (Lipinski definition) is 1. The highest BCUT2D eigenvalue weighted by molar-refractivity contribution is 9.10. The smallest absolute Gasteiger partial charge is 0.129 e. The highest BCUT2D eigenvalue weighted by atomic mass is 79.9. The number of piperidine rings is 1. The lowest BCUT2D eigenvalue weighted by atomic mass is 9.90. The topological polar surface area (TPSA) is 29.3 Å². The molecular weight excluding hydrogens is 295 g/mol. The predicted molar refractivity (Wildman–Crippen MR) is 73.8 cm³/mol. The van der Waals surface area contributed by atoms with E-state index in [1.54, 1.807) is 6.07 Å². The minimum Gasteiger partial charge on any atom is -0.326 e. The van der Waals surface area contributed by atoms with Crippen molar-refractivity contribution in [3.05, 3.63) is 34.1 Å². The number of nitrogens with two attached hydrogens (primary N) is 1. The van der Waals surface area contributed by atoms with E-state index in [0.717, 1.165) is 29.4 Å². The molecule has 2 nitrogen and oxygen atoms in total. The molecule has 0 spiro atoms. The van der Waals surface area contributed by atoms with Gasteiger partial charge in [0.2, 0.25) is 0 Å². The fraction of sp³-hybridized carbons (Fsp3) is 0.571. The van der Waals surface area contributed by atoms with Crippen LogP contribution in [-0.4, -0.2) is 23.5 Å². The molecule has 2 fully saturated rings. The van der Waals surface area contributed by atoms with Gasteiger partial charge in [-0.3, -0.25) is 4.90 Å². The summed E-state index contributed by atoms with van der Waals surface area (Å²) in [5.41, 5.74) is 7.02. The number of benzene rings is 1. The first-order chi connectivity index (χ1) is 8.66. The maximum Gasteiger partial charge on any atom is 0.129 e. The van der Waals surface area contributed by atoms with Crippen molar-refractivity contribution in [2.45, 2.75) is 43.8 Å². The first kappa shape index (κ1) is 12.6. The van der Waals surface area contributed by atoms with Crippen molar-refractivity contribution in [3.63, 3.8) is 0 Å². The largest absolute Gasteiger partial charge is 0.326 e. The van der Waals surface area contributed by atoms with E-state index in [9.17, 15) is 4.39 Å². The van der Waals surface area contributed by atoms with Crippen molar-refractivity contribution < 1.29 is 4.39 Å². The van der Waals surface area contributed by atoms with E-state index < -0.39 is 0 Å². The number of likely N-dealkylation sites (tertiary alicyclic amines) is 1. The Morgan fingerprint density at radius 3 is 2.72 bits per heavy atom. The summed E-state index contributed by atoms with van der Waals surface area (Å²) in [5.74, 6) is -0.141. The molecule has 1 saturated heterocycles. The number of rotatable bonds is 2.